The summed E-state index contributed by atoms with van der Waals surface area (Å²) < 4.78 is 4.60. The Hall–Kier alpha value is -0.220. The summed E-state index contributed by atoms with van der Waals surface area (Å²) in [7, 11) is 1.38. The Morgan fingerprint density at radius 3 is 2.57 bits per heavy atom. The minimum atomic E-state index is -0.193. The first-order chi connectivity index (χ1) is 6.62. The molecule has 0 unspecified atom stereocenters. The van der Waals surface area contributed by atoms with Crippen LogP contribution in [-0.4, -0.2) is 29.8 Å². The third kappa shape index (κ3) is 3.50. The summed E-state index contributed by atoms with van der Waals surface area (Å²) in [4.78, 5) is 22.0. The van der Waals surface area contributed by atoms with Crippen molar-refractivity contribution in [2.75, 3.05) is 18.7 Å². The maximum Gasteiger partial charge on any atom is 0.306 e. The van der Waals surface area contributed by atoms with Gasteiger partial charge in [-0.2, -0.15) is 0 Å². The second-order valence-corrected chi connectivity index (χ2v) is 4.85. The van der Waals surface area contributed by atoms with Crippen LogP contribution in [0.4, 0.5) is 0 Å². The molecule has 0 N–H and O–H groups in total. The van der Waals surface area contributed by atoms with Gasteiger partial charge < -0.3 is 4.74 Å². The van der Waals surface area contributed by atoms with E-state index in [2.05, 4.69) is 4.74 Å². The molecule has 5 heteroatoms. The number of thioether (sulfide) groups is 1. The van der Waals surface area contributed by atoms with Crippen molar-refractivity contribution in [3.05, 3.63) is 0 Å². The summed E-state index contributed by atoms with van der Waals surface area (Å²) in [5, 5.41) is -0.0252. The quantitative estimate of drug-likeness (QED) is 0.540. The van der Waals surface area contributed by atoms with Crippen molar-refractivity contribution in [3.8, 4) is 0 Å². The van der Waals surface area contributed by atoms with Gasteiger partial charge in [0.25, 0.3) is 0 Å². The van der Waals surface area contributed by atoms with E-state index >= 15 is 0 Å². The van der Waals surface area contributed by atoms with Crippen LogP contribution in [0.2, 0.25) is 0 Å². The number of hydrogen-bond donors (Lipinski definition) is 0. The summed E-state index contributed by atoms with van der Waals surface area (Å²) in [6.45, 7) is 0. The minimum Gasteiger partial charge on any atom is -0.469 e. The van der Waals surface area contributed by atoms with Crippen LogP contribution >= 0.6 is 23.4 Å². The standard InChI is InChI=1S/C9H13ClO3S/c1-13-7(11)4-9(2-3-9)6-14-8(12)5-10/h2-6H2,1H3. The van der Waals surface area contributed by atoms with Gasteiger partial charge in [-0.15, -0.1) is 11.6 Å². The Morgan fingerprint density at radius 2 is 2.14 bits per heavy atom. The molecule has 0 saturated heterocycles. The van der Waals surface area contributed by atoms with E-state index in [1.807, 2.05) is 0 Å². The Balaban J connectivity index is 2.29. The number of carbonyl (C=O) groups excluding carboxylic acids is 2. The maximum absolute atomic E-state index is 11.0. The molecule has 0 bridgehead atoms. The number of methoxy groups -OCH3 is 1. The maximum atomic E-state index is 11.0. The number of esters is 1. The molecule has 0 aromatic heterocycles. The van der Waals surface area contributed by atoms with E-state index < -0.39 is 0 Å². The lowest BCUT2D eigenvalue weighted by atomic mass is 10.1. The van der Waals surface area contributed by atoms with Crippen molar-refractivity contribution in [2.24, 2.45) is 5.41 Å². The van der Waals surface area contributed by atoms with E-state index in [1.165, 1.54) is 18.9 Å². The molecule has 0 atom stereocenters. The van der Waals surface area contributed by atoms with Crippen LogP contribution in [0.5, 0.6) is 0 Å². The fraction of sp³-hybridized carbons (Fsp3) is 0.778. The molecule has 80 valence electrons. The highest BCUT2D eigenvalue weighted by molar-refractivity contribution is 8.13. The average Bonchev–Trinajstić information content (AvgIpc) is 2.94. The predicted molar refractivity (Wildman–Crippen MR) is 56.5 cm³/mol. The number of ether oxygens (including phenoxy) is 1. The number of carbonyl (C=O) groups is 2. The molecule has 1 fully saturated rings. The molecule has 0 amide bonds. The first-order valence-electron chi connectivity index (χ1n) is 4.40. The first kappa shape index (κ1) is 11.9. The Morgan fingerprint density at radius 1 is 1.50 bits per heavy atom. The molecule has 3 nitrogen and oxygen atoms in total. The second-order valence-electron chi connectivity index (χ2n) is 3.55. The van der Waals surface area contributed by atoms with Crippen LogP contribution < -0.4 is 0 Å². The zero-order valence-corrected chi connectivity index (χ0v) is 9.62. The monoisotopic (exact) mass is 236 g/mol. The lowest BCUT2D eigenvalue weighted by molar-refractivity contribution is -0.141. The normalized spacial score (nSPS) is 17.6. The number of halogens is 1. The van der Waals surface area contributed by atoms with E-state index in [9.17, 15) is 9.59 Å². The van der Waals surface area contributed by atoms with Gasteiger partial charge in [0.05, 0.1) is 19.4 Å². The van der Waals surface area contributed by atoms with Crippen LogP contribution in [0.1, 0.15) is 19.3 Å². The molecule has 0 spiro atoms. The molecule has 14 heavy (non-hydrogen) atoms. The van der Waals surface area contributed by atoms with E-state index in [0.29, 0.717) is 12.2 Å². The van der Waals surface area contributed by atoms with Crippen molar-refractivity contribution in [1.82, 2.24) is 0 Å². The molecule has 0 heterocycles. The van der Waals surface area contributed by atoms with Gasteiger partial charge in [-0.05, 0) is 18.3 Å². The van der Waals surface area contributed by atoms with Gasteiger partial charge in [0.2, 0.25) is 5.12 Å². The second kappa shape index (κ2) is 5.03. The zero-order valence-electron chi connectivity index (χ0n) is 8.05. The fourth-order valence-corrected chi connectivity index (χ4v) is 2.37. The summed E-state index contributed by atoms with van der Waals surface area (Å²) in [5.41, 5.74) is 0.0134. The summed E-state index contributed by atoms with van der Waals surface area (Å²) in [6, 6.07) is 0. The van der Waals surface area contributed by atoms with Gasteiger partial charge in [0.1, 0.15) is 0 Å². The topological polar surface area (TPSA) is 43.4 Å². The van der Waals surface area contributed by atoms with Gasteiger partial charge in [-0.1, -0.05) is 11.8 Å². The summed E-state index contributed by atoms with van der Waals surface area (Å²) in [6.07, 6.45) is 2.43. The van der Waals surface area contributed by atoms with Gasteiger partial charge in [-0.25, -0.2) is 0 Å². The van der Waals surface area contributed by atoms with Gasteiger partial charge in [0.15, 0.2) is 0 Å². The minimum absolute atomic E-state index is 0.0134. The van der Waals surface area contributed by atoms with Crippen LogP contribution in [0.15, 0.2) is 0 Å². The van der Waals surface area contributed by atoms with Crippen molar-refractivity contribution < 1.29 is 14.3 Å². The number of hydrogen-bond acceptors (Lipinski definition) is 4. The predicted octanol–water partition coefficient (Wildman–Crippen LogP) is 1.83. The third-order valence-corrected chi connectivity index (χ3v) is 3.98. The highest BCUT2D eigenvalue weighted by atomic mass is 35.5. The van der Waals surface area contributed by atoms with Gasteiger partial charge in [0, 0.05) is 5.75 Å². The van der Waals surface area contributed by atoms with Crippen molar-refractivity contribution in [1.29, 1.82) is 0 Å². The molecule has 1 rings (SSSR count). The fourth-order valence-electron chi connectivity index (χ4n) is 1.20. The molecule has 0 radical (unpaired) electrons. The lowest BCUT2D eigenvalue weighted by Crippen LogP contribution is -2.14. The largest absolute Gasteiger partial charge is 0.469 e. The van der Waals surface area contributed by atoms with Crippen molar-refractivity contribution in [3.63, 3.8) is 0 Å². The Bertz CT molecular complexity index is 238. The summed E-state index contributed by atoms with van der Waals surface area (Å²) in [5.74, 6) is 0.536. The molecule has 0 aliphatic heterocycles. The zero-order chi connectivity index (χ0) is 10.6. The number of rotatable bonds is 5. The smallest absolute Gasteiger partial charge is 0.306 e. The van der Waals surface area contributed by atoms with Crippen LogP contribution in [0.25, 0.3) is 0 Å². The first-order valence-corrected chi connectivity index (χ1v) is 5.92. The molecular formula is C9H13ClO3S. The van der Waals surface area contributed by atoms with E-state index in [0.717, 1.165) is 12.8 Å². The van der Waals surface area contributed by atoms with E-state index in [4.69, 9.17) is 11.6 Å². The molecule has 1 aliphatic rings. The van der Waals surface area contributed by atoms with Gasteiger partial charge in [-0.3, -0.25) is 9.59 Å². The lowest BCUT2D eigenvalue weighted by Gasteiger charge is -2.11. The molecular weight excluding hydrogens is 224 g/mol. The molecule has 0 aromatic rings. The highest BCUT2D eigenvalue weighted by Crippen LogP contribution is 2.51. The van der Waals surface area contributed by atoms with Crippen LogP contribution in [0.3, 0.4) is 0 Å². The highest BCUT2D eigenvalue weighted by Gasteiger charge is 2.44. The Kier molecular flexibility index (Phi) is 4.26. The SMILES string of the molecule is COC(=O)CC1(CSC(=O)CCl)CC1. The molecule has 1 saturated carbocycles. The van der Waals surface area contributed by atoms with Crippen molar-refractivity contribution >= 4 is 34.4 Å². The molecule has 0 aromatic carbocycles. The average molecular weight is 237 g/mol. The Labute approximate surface area is 92.5 Å². The third-order valence-electron chi connectivity index (χ3n) is 2.35. The van der Waals surface area contributed by atoms with Crippen LogP contribution in [0, 0.1) is 5.41 Å². The van der Waals surface area contributed by atoms with E-state index in [-0.39, 0.29) is 22.4 Å². The van der Waals surface area contributed by atoms with E-state index in [1.54, 1.807) is 0 Å². The summed E-state index contributed by atoms with van der Waals surface area (Å²) >= 11 is 6.59. The number of alkyl halides is 1. The van der Waals surface area contributed by atoms with Crippen molar-refractivity contribution in [2.45, 2.75) is 19.3 Å². The van der Waals surface area contributed by atoms with Crippen LogP contribution in [-0.2, 0) is 14.3 Å². The van der Waals surface area contributed by atoms with Gasteiger partial charge >= 0.3 is 5.97 Å². The molecule has 1 aliphatic carbocycles.